The van der Waals surface area contributed by atoms with Crippen LogP contribution in [0.4, 0.5) is 11.4 Å². The Bertz CT molecular complexity index is 783. The van der Waals surface area contributed by atoms with Crippen molar-refractivity contribution in [3.8, 4) is 0 Å². The standard InChI is InChI=1S/C20H21N3O2/c24-19(20(25)23-11-10-16-6-4-5-9-18(16)23)22-14-12-21(13-15-22)17-7-2-1-3-8-17/h1-9H,10-15H2. The number of hydrogen-bond acceptors (Lipinski definition) is 3. The Kier molecular flexibility index (Phi) is 4.14. The van der Waals surface area contributed by atoms with Crippen LogP contribution in [0.25, 0.3) is 0 Å². The molecule has 0 aromatic heterocycles. The average Bonchev–Trinajstić information content (AvgIpc) is 3.12. The molecule has 0 unspecified atom stereocenters. The van der Waals surface area contributed by atoms with Gasteiger partial charge in [-0.05, 0) is 30.2 Å². The van der Waals surface area contributed by atoms with Crippen molar-refractivity contribution in [2.75, 3.05) is 42.5 Å². The van der Waals surface area contributed by atoms with E-state index in [0.29, 0.717) is 19.6 Å². The second-order valence-electron chi connectivity index (χ2n) is 6.45. The lowest BCUT2D eigenvalue weighted by Crippen LogP contribution is -2.53. The lowest BCUT2D eigenvalue weighted by Gasteiger charge is -2.36. The van der Waals surface area contributed by atoms with E-state index in [1.807, 2.05) is 42.5 Å². The first-order valence-corrected chi connectivity index (χ1v) is 8.73. The van der Waals surface area contributed by atoms with Crippen LogP contribution < -0.4 is 9.80 Å². The Morgan fingerprint density at radius 3 is 2.16 bits per heavy atom. The molecule has 5 heteroatoms. The molecule has 0 atom stereocenters. The topological polar surface area (TPSA) is 43.9 Å². The van der Waals surface area contributed by atoms with Gasteiger partial charge in [-0.2, -0.15) is 0 Å². The summed E-state index contributed by atoms with van der Waals surface area (Å²) in [5, 5.41) is 0. The number of amides is 2. The van der Waals surface area contributed by atoms with E-state index in [1.165, 1.54) is 0 Å². The maximum Gasteiger partial charge on any atom is 0.316 e. The SMILES string of the molecule is O=C(C(=O)N1CCc2ccccc21)N1CCN(c2ccccc2)CC1. The van der Waals surface area contributed by atoms with Gasteiger partial charge in [-0.1, -0.05) is 36.4 Å². The van der Waals surface area contributed by atoms with Crippen LogP contribution in [0.2, 0.25) is 0 Å². The molecule has 0 bridgehead atoms. The van der Waals surface area contributed by atoms with Gasteiger partial charge in [0, 0.05) is 44.1 Å². The third-order valence-electron chi connectivity index (χ3n) is 5.00. The van der Waals surface area contributed by atoms with Crippen LogP contribution in [0.1, 0.15) is 5.56 Å². The molecular weight excluding hydrogens is 314 g/mol. The first-order chi connectivity index (χ1) is 12.2. The van der Waals surface area contributed by atoms with Gasteiger partial charge in [0.2, 0.25) is 0 Å². The molecule has 0 N–H and O–H groups in total. The highest BCUT2D eigenvalue weighted by atomic mass is 16.2. The Hall–Kier alpha value is -2.82. The van der Waals surface area contributed by atoms with Crippen LogP contribution in [-0.2, 0) is 16.0 Å². The number of piperazine rings is 1. The summed E-state index contributed by atoms with van der Waals surface area (Å²) in [5.74, 6) is -0.789. The van der Waals surface area contributed by atoms with Crippen LogP contribution in [0.5, 0.6) is 0 Å². The number of hydrogen-bond donors (Lipinski definition) is 0. The van der Waals surface area contributed by atoms with E-state index < -0.39 is 5.91 Å². The van der Waals surface area contributed by atoms with Crippen LogP contribution in [0, 0.1) is 0 Å². The third kappa shape index (κ3) is 2.97. The van der Waals surface area contributed by atoms with Gasteiger partial charge in [0.15, 0.2) is 0 Å². The maximum atomic E-state index is 12.7. The molecule has 1 fully saturated rings. The molecule has 4 rings (SSSR count). The number of rotatable bonds is 1. The van der Waals surface area contributed by atoms with Gasteiger partial charge in [-0.3, -0.25) is 9.59 Å². The number of benzene rings is 2. The molecule has 0 saturated carbocycles. The zero-order valence-corrected chi connectivity index (χ0v) is 14.1. The fraction of sp³-hybridized carbons (Fsp3) is 0.300. The van der Waals surface area contributed by atoms with E-state index in [9.17, 15) is 9.59 Å². The second-order valence-corrected chi connectivity index (χ2v) is 6.45. The van der Waals surface area contributed by atoms with Crippen molar-refractivity contribution in [3.05, 3.63) is 60.2 Å². The van der Waals surface area contributed by atoms with Crippen molar-refractivity contribution >= 4 is 23.2 Å². The Morgan fingerprint density at radius 2 is 1.40 bits per heavy atom. The summed E-state index contributed by atoms with van der Waals surface area (Å²) in [6.45, 7) is 3.25. The number of nitrogens with zero attached hydrogens (tertiary/aromatic N) is 3. The summed E-state index contributed by atoms with van der Waals surface area (Å²) in [6, 6.07) is 18.0. The molecule has 0 radical (unpaired) electrons. The quantitative estimate of drug-likeness (QED) is 0.748. The van der Waals surface area contributed by atoms with Crippen molar-refractivity contribution in [2.45, 2.75) is 6.42 Å². The van der Waals surface area contributed by atoms with Crippen LogP contribution >= 0.6 is 0 Å². The van der Waals surface area contributed by atoms with Crippen LogP contribution in [0.3, 0.4) is 0 Å². The van der Waals surface area contributed by atoms with Gasteiger partial charge >= 0.3 is 11.8 Å². The summed E-state index contributed by atoms with van der Waals surface area (Å²) in [6.07, 6.45) is 0.816. The van der Waals surface area contributed by atoms with Gasteiger partial charge in [0.25, 0.3) is 0 Å². The predicted molar refractivity (Wildman–Crippen MR) is 97.7 cm³/mol. The molecule has 2 heterocycles. The first-order valence-electron chi connectivity index (χ1n) is 8.73. The van der Waals surface area contributed by atoms with Crippen molar-refractivity contribution in [1.29, 1.82) is 0 Å². The predicted octanol–water partition coefficient (Wildman–Crippen LogP) is 1.92. The fourth-order valence-electron chi connectivity index (χ4n) is 3.61. The summed E-state index contributed by atoms with van der Waals surface area (Å²) in [4.78, 5) is 30.9. The Balaban J connectivity index is 1.40. The minimum atomic E-state index is -0.405. The van der Waals surface area contributed by atoms with Gasteiger partial charge in [0.05, 0.1) is 0 Å². The fourth-order valence-corrected chi connectivity index (χ4v) is 3.61. The lowest BCUT2D eigenvalue weighted by atomic mass is 10.2. The van der Waals surface area contributed by atoms with Gasteiger partial charge in [-0.15, -0.1) is 0 Å². The van der Waals surface area contributed by atoms with E-state index in [1.54, 1.807) is 9.80 Å². The smallest absolute Gasteiger partial charge is 0.316 e. The molecule has 128 valence electrons. The van der Waals surface area contributed by atoms with Crippen molar-refractivity contribution in [2.24, 2.45) is 0 Å². The molecule has 0 spiro atoms. The number of para-hydroxylation sites is 2. The summed E-state index contributed by atoms with van der Waals surface area (Å²) in [5.41, 5.74) is 3.18. The number of carbonyl (C=O) groups excluding carboxylic acids is 2. The highest BCUT2D eigenvalue weighted by molar-refractivity contribution is 6.40. The van der Waals surface area contributed by atoms with Crippen molar-refractivity contribution < 1.29 is 9.59 Å². The normalized spacial score (nSPS) is 16.7. The summed E-state index contributed by atoms with van der Waals surface area (Å²) < 4.78 is 0. The average molecular weight is 335 g/mol. The molecule has 5 nitrogen and oxygen atoms in total. The monoisotopic (exact) mass is 335 g/mol. The van der Waals surface area contributed by atoms with E-state index >= 15 is 0 Å². The van der Waals surface area contributed by atoms with Crippen LogP contribution in [-0.4, -0.2) is 49.4 Å². The molecule has 2 aliphatic heterocycles. The third-order valence-corrected chi connectivity index (χ3v) is 5.00. The summed E-state index contributed by atoms with van der Waals surface area (Å²) >= 11 is 0. The molecule has 0 aliphatic carbocycles. The second kappa shape index (κ2) is 6.59. The molecular formula is C20H21N3O2. The maximum absolute atomic E-state index is 12.7. The molecule has 1 saturated heterocycles. The molecule has 2 aromatic rings. The van der Waals surface area contributed by atoms with E-state index in [0.717, 1.165) is 36.4 Å². The highest BCUT2D eigenvalue weighted by Crippen LogP contribution is 2.27. The van der Waals surface area contributed by atoms with Gasteiger partial charge < -0.3 is 14.7 Å². The Labute approximate surface area is 147 Å². The largest absolute Gasteiger partial charge is 0.368 e. The van der Waals surface area contributed by atoms with E-state index in [4.69, 9.17) is 0 Å². The zero-order chi connectivity index (χ0) is 17.2. The summed E-state index contributed by atoms with van der Waals surface area (Å²) in [7, 11) is 0. The van der Waals surface area contributed by atoms with E-state index in [-0.39, 0.29) is 5.91 Å². The lowest BCUT2D eigenvalue weighted by molar-refractivity contribution is -0.144. The first kappa shape index (κ1) is 15.7. The van der Waals surface area contributed by atoms with Gasteiger partial charge in [-0.25, -0.2) is 0 Å². The number of fused-ring (bicyclic) bond motifs is 1. The zero-order valence-electron chi connectivity index (χ0n) is 14.1. The molecule has 2 amide bonds. The van der Waals surface area contributed by atoms with Gasteiger partial charge in [0.1, 0.15) is 0 Å². The van der Waals surface area contributed by atoms with Crippen molar-refractivity contribution in [3.63, 3.8) is 0 Å². The molecule has 25 heavy (non-hydrogen) atoms. The minimum absolute atomic E-state index is 0.385. The highest BCUT2D eigenvalue weighted by Gasteiger charge is 2.33. The number of carbonyl (C=O) groups is 2. The number of anilines is 2. The van der Waals surface area contributed by atoms with E-state index in [2.05, 4.69) is 17.0 Å². The van der Waals surface area contributed by atoms with Crippen LogP contribution in [0.15, 0.2) is 54.6 Å². The Morgan fingerprint density at radius 1 is 0.720 bits per heavy atom. The minimum Gasteiger partial charge on any atom is -0.368 e. The molecule has 2 aromatic carbocycles. The van der Waals surface area contributed by atoms with Crippen molar-refractivity contribution in [1.82, 2.24) is 4.90 Å². The molecule has 2 aliphatic rings.